The molecule has 2 aliphatic rings. The molecule has 2 saturated heterocycles. The summed E-state index contributed by atoms with van der Waals surface area (Å²) >= 11 is 0. The SMILES string of the molecule is C=C(F)C=C1/C(=C\C)OC2(CCN(C)CC2)CC1/C=C\C(C)C. The first kappa shape index (κ1) is 18.0. The van der Waals surface area contributed by atoms with Gasteiger partial charge in [-0.15, -0.1) is 0 Å². The third-order valence-corrected chi connectivity index (χ3v) is 4.80. The minimum absolute atomic E-state index is 0.116. The molecule has 3 heteroatoms. The number of allylic oxidation sites excluding steroid dienone is 6. The molecule has 0 radical (unpaired) electrons. The molecule has 1 unspecified atom stereocenters. The topological polar surface area (TPSA) is 12.5 Å². The fourth-order valence-corrected chi connectivity index (χ4v) is 3.46. The number of piperidine rings is 1. The first-order valence-corrected chi connectivity index (χ1v) is 8.64. The van der Waals surface area contributed by atoms with Crippen LogP contribution in [-0.2, 0) is 4.74 Å². The first-order chi connectivity index (χ1) is 10.8. The summed E-state index contributed by atoms with van der Waals surface area (Å²) in [5, 5.41) is 0. The molecule has 2 heterocycles. The number of hydrogen-bond donors (Lipinski definition) is 0. The fourth-order valence-electron chi connectivity index (χ4n) is 3.46. The first-order valence-electron chi connectivity index (χ1n) is 8.64. The summed E-state index contributed by atoms with van der Waals surface area (Å²) in [7, 11) is 2.15. The molecule has 1 atom stereocenters. The van der Waals surface area contributed by atoms with Gasteiger partial charge in [-0.1, -0.05) is 32.6 Å². The summed E-state index contributed by atoms with van der Waals surface area (Å²) in [5.41, 5.74) is 0.802. The lowest BCUT2D eigenvalue weighted by atomic mass is 9.76. The number of likely N-dealkylation sites (tertiary alicyclic amines) is 1. The molecule has 0 aromatic rings. The van der Waals surface area contributed by atoms with Crippen LogP contribution >= 0.6 is 0 Å². The molecule has 2 nitrogen and oxygen atoms in total. The van der Waals surface area contributed by atoms with Crippen molar-refractivity contribution in [3.63, 3.8) is 0 Å². The van der Waals surface area contributed by atoms with Crippen LogP contribution in [0.3, 0.4) is 0 Å². The van der Waals surface area contributed by atoms with E-state index in [0.717, 1.165) is 43.7 Å². The summed E-state index contributed by atoms with van der Waals surface area (Å²) in [4.78, 5) is 2.34. The molecule has 1 spiro atoms. The largest absolute Gasteiger partial charge is 0.487 e. The van der Waals surface area contributed by atoms with Crippen LogP contribution in [-0.4, -0.2) is 30.6 Å². The second-order valence-electron chi connectivity index (χ2n) is 7.23. The van der Waals surface area contributed by atoms with E-state index >= 15 is 0 Å². The van der Waals surface area contributed by atoms with E-state index in [0.29, 0.717) is 5.92 Å². The fraction of sp³-hybridized carbons (Fsp3) is 0.600. The molecule has 2 aliphatic heterocycles. The third-order valence-electron chi connectivity index (χ3n) is 4.80. The van der Waals surface area contributed by atoms with Crippen molar-refractivity contribution in [1.82, 2.24) is 4.90 Å². The Morgan fingerprint density at radius 2 is 2.04 bits per heavy atom. The molecule has 0 aliphatic carbocycles. The van der Waals surface area contributed by atoms with E-state index < -0.39 is 5.83 Å². The van der Waals surface area contributed by atoms with Crippen molar-refractivity contribution in [2.75, 3.05) is 20.1 Å². The lowest BCUT2D eigenvalue weighted by molar-refractivity contribution is -0.0667. The molecular weight excluding hydrogens is 289 g/mol. The predicted molar refractivity (Wildman–Crippen MR) is 94.7 cm³/mol. The maximum atomic E-state index is 13.5. The van der Waals surface area contributed by atoms with Crippen LogP contribution in [0.25, 0.3) is 0 Å². The summed E-state index contributed by atoms with van der Waals surface area (Å²) < 4.78 is 19.9. The van der Waals surface area contributed by atoms with Gasteiger partial charge in [0, 0.05) is 24.6 Å². The second-order valence-corrected chi connectivity index (χ2v) is 7.23. The van der Waals surface area contributed by atoms with Gasteiger partial charge in [0.05, 0.1) is 0 Å². The summed E-state index contributed by atoms with van der Waals surface area (Å²) in [6.07, 6.45) is 10.9. The van der Waals surface area contributed by atoms with E-state index in [4.69, 9.17) is 4.74 Å². The van der Waals surface area contributed by atoms with Gasteiger partial charge in [0.2, 0.25) is 0 Å². The number of ether oxygens (including phenoxy) is 1. The Bertz CT molecular complexity index is 522. The van der Waals surface area contributed by atoms with E-state index in [1.807, 2.05) is 13.0 Å². The van der Waals surface area contributed by atoms with Gasteiger partial charge in [-0.05, 0) is 51.3 Å². The highest BCUT2D eigenvalue weighted by Gasteiger charge is 2.43. The van der Waals surface area contributed by atoms with E-state index in [-0.39, 0.29) is 11.5 Å². The maximum absolute atomic E-state index is 13.5. The number of halogens is 1. The minimum atomic E-state index is -0.412. The zero-order valence-corrected chi connectivity index (χ0v) is 14.9. The molecule has 0 bridgehead atoms. The Kier molecular flexibility index (Phi) is 5.85. The monoisotopic (exact) mass is 319 g/mol. The van der Waals surface area contributed by atoms with Crippen molar-refractivity contribution in [1.29, 1.82) is 0 Å². The molecule has 2 fully saturated rings. The third kappa shape index (κ3) is 4.57. The molecule has 0 saturated carbocycles. The molecule has 0 N–H and O–H groups in total. The molecule has 128 valence electrons. The zero-order valence-electron chi connectivity index (χ0n) is 14.9. The lowest BCUT2D eigenvalue weighted by Gasteiger charge is -2.47. The zero-order chi connectivity index (χ0) is 17.0. The van der Waals surface area contributed by atoms with Gasteiger partial charge in [-0.2, -0.15) is 0 Å². The average Bonchev–Trinajstić information content (AvgIpc) is 2.50. The van der Waals surface area contributed by atoms with Gasteiger partial charge in [-0.25, -0.2) is 4.39 Å². The highest BCUT2D eigenvalue weighted by atomic mass is 19.1. The van der Waals surface area contributed by atoms with Gasteiger partial charge in [0.15, 0.2) is 0 Å². The van der Waals surface area contributed by atoms with Crippen LogP contribution in [0.1, 0.15) is 40.0 Å². The van der Waals surface area contributed by atoms with E-state index in [1.165, 1.54) is 6.08 Å². The Hall–Kier alpha value is -1.35. The molecular formula is C20H30FNO. The van der Waals surface area contributed by atoms with Gasteiger partial charge in [0.1, 0.15) is 17.2 Å². The molecule has 2 rings (SSSR count). The van der Waals surface area contributed by atoms with Crippen molar-refractivity contribution in [3.05, 3.63) is 48.0 Å². The van der Waals surface area contributed by atoms with Crippen LogP contribution < -0.4 is 0 Å². The van der Waals surface area contributed by atoms with Crippen LogP contribution in [0.5, 0.6) is 0 Å². The predicted octanol–water partition coefficient (Wildman–Crippen LogP) is 5.01. The van der Waals surface area contributed by atoms with E-state index in [1.54, 1.807) is 0 Å². The van der Waals surface area contributed by atoms with Crippen LogP contribution in [0.4, 0.5) is 4.39 Å². The summed E-state index contributed by atoms with van der Waals surface area (Å²) in [5.74, 6) is 1.08. The highest BCUT2D eigenvalue weighted by Crippen LogP contribution is 2.45. The van der Waals surface area contributed by atoms with Crippen molar-refractivity contribution in [2.24, 2.45) is 11.8 Å². The quantitative estimate of drug-likeness (QED) is 0.678. The standard InChI is InChI=1S/C20H30FNO/c1-6-19-18(13-16(4)21)17(8-7-15(2)3)14-20(23-19)9-11-22(5)12-10-20/h6-8,13,15,17H,4,9-12,14H2,1-3,5H3/b8-7-,18-13?,19-6+. The Morgan fingerprint density at radius 3 is 2.57 bits per heavy atom. The lowest BCUT2D eigenvalue weighted by Crippen LogP contribution is -2.48. The van der Waals surface area contributed by atoms with Crippen molar-refractivity contribution in [3.8, 4) is 0 Å². The van der Waals surface area contributed by atoms with Crippen LogP contribution in [0, 0.1) is 11.8 Å². The van der Waals surface area contributed by atoms with Gasteiger partial charge < -0.3 is 9.64 Å². The number of nitrogens with zero attached hydrogens (tertiary/aromatic N) is 1. The van der Waals surface area contributed by atoms with E-state index in [2.05, 4.69) is 44.5 Å². The molecule has 0 aromatic carbocycles. The Morgan fingerprint density at radius 1 is 1.39 bits per heavy atom. The van der Waals surface area contributed by atoms with Gasteiger partial charge in [0.25, 0.3) is 0 Å². The van der Waals surface area contributed by atoms with Crippen molar-refractivity contribution >= 4 is 0 Å². The Labute approximate surface area is 140 Å². The van der Waals surface area contributed by atoms with Gasteiger partial charge in [-0.3, -0.25) is 0 Å². The minimum Gasteiger partial charge on any atom is -0.487 e. The Balaban J connectivity index is 2.33. The van der Waals surface area contributed by atoms with Crippen molar-refractivity contribution in [2.45, 2.75) is 45.6 Å². The molecule has 0 aromatic heterocycles. The van der Waals surface area contributed by atoms with E-state index in [9.17, 15) is 4.39 Å². The van der Waals surface area contributed by atoms with Crippen LogP contribution in [0.2, 0.25) is 0 Å². The van der Waals surface area contributed by atoms with Crippen LogP contribution in [0.15, 0.2) is 48.0 Å². The summed E-state index contributed by atoms with van der Waals surface area (Å²) in [6.45, 7) is 11.8. The number of hydrogen-bond acceptors (Lipinski definition) is 2. The smallest absolute Gasteiger partial charge is 0.119 e. The summed E-state index contributed by atoms with van der Waals surface area (Å²) in [6, 6.07) is 0. The molecule has 23 heavy (non-hydrogen) atoms. The molecule has 0 amide bonds. The van der Waals surface area contributed by atoms with Gasteiger partial charge >= 0.3 is 0 Å². The second kappa shape index (κ2) is 7.48. The maximum Gasteiger partial charge on any atom is 0.119 e. The number of rotatable bonds is 3. The normalized spacial score (nSPS) is 28.9. The highest BCUT2D eigenvalue weighted by molar-refractivity contribution is 5.38. The van der Waals surface area contributed by atoms with Crippen molar-refractivity contribution < 1.29 is 9.13 Å². The average molecular weight is 319 g/mol.